The molecule has 0 bridgehead atoms. The third-order valence-corrected chi connectivity index (χ3v) is 3.61. The van der Waals surface area contributed by atoms with E-state index < -0.39 is 0 Å². The van der Waals surface area contributed by atoms with Crippen LogP contribution in [0.3, 0.4) is 0 Å². The van der Waals surface area contributed by atoms with E-state index in [4.69, 9.17) is 4.74 Å². The summed E-state index contributed by atoms with van der Waals surface area (Å²) in [7, 11) is 0. The highest BCUT2D eigenvalue weighted by Gasteiger charge is 2.33. The molecule has 0 amide bonds. The Bertz CT molecular complexity index is 200. The van der Waals surface area contributed by atoms with Crippen molar-refractivity contribution in [3.63, 3.8) is 0 Å². The van der Waals surface area contributed by atoms with Gasteiger partial charge in [-0.15, -0.1) is 0 Å². The van der Waals surface area contributed by atoms with Crippen molar-refractivity contribution < 1.29 is 9.84 Å². The lowest BCUT2D eigenvalue weighted by molar-refractivity contribution is -0.102. The molecule has 1 saturated carbocycles. The van der Waals surface area contributed by atoms with Gasteiger partial charge in [-0.3, -0.25) is 4.90 Å². The van der Waals surface area contributed by atoms with Gasteiger partial charge in [0.15, 0.2) is 0 Å². The Morgan fingerprint density at radius 2 is 1.67 bits per heavy atom. The van der Waals surface area contributed by atoms with Crippen molar-refractivity contribution in [2.75, 3.05) is 13.1 Å². The molecule has 4 atom stereocenters. The molecule has 2 aliphatic rings. The van der Waals surface area contributed by atoms with Crippen LogP contribution in [-0.4, -0.2) is 47.4 Å². The number of ether oxygens (including phenoxy) is 1. The van der Waals surface area contributed by atoms with Crippen molar-refractivity contribution in [2.24, 2.45) is 0 Å². The lowest BCUT2D eigenvalue weighted by Crippen LogP contribution is -2.54. The van der Waals surface area contributed by atoms with Crippen LogP contribution in [-0.2, 0) is 4.74 Å². The van der Waals surface area contributed by atoms with Gasteiger partial charge in [-0.1, -0.05) is 12.8 Å². The minimum Gasteiger partial charge on any atom is -0.391 e. The number of morpholine rings is 1. The molecule has 2 unspecified atom stereocenters. The third-order valence-electron chi connectivity index (χ3n) is 3.61. The second kappa shape index (κ2) is 4.81. The molecule has 2 rings (SSSR count). The molecule has 88 valence electrons. The third kappa shape index (κ3) is 2.71. The fraction of sp³-hybridized carbons (Fsp3) is 1.00. The molecular formula is C12H23NO2. The Balaban J connectivity index is 1.95. The van der Waals surface area contributed by atoms with E-state index >= 15 is 0 Å². The van der Waals surface area contributed by atoms with E-state index in [0.717, 1.165) is 25.9 Å². The van der Waals surface area contributed by atoms with Crippen LogP contribution in [0.15, 0.2) is 0 Å². The fourth-order valence-electron chi connectivity index (χ4n) is 3.01. The summed E-state index contributed by atoms with van der Waals surface area (Å²) < 4.78 is 5.72. The van der Waals surface area contributed by atoms with Gasteiger partial charge in [-0.25, -0.2) is 0 Å². The highest BCUT2D eigenvalue weighted by molar-refractivity contribution is 4.86. The van der Waals surface area contributed by atoms with Crippen LogP contribution in [0.2, 0.25) is 0 Å². The van der Waals surface area contributed by atoms with E-state index in [9.17, 15) is 5.11 Å². The van der Waals surface area contributed by atoms with E-state index in [1.165, 1.54) is 12.8 Å². The largest absolute Gasteiger partial charge is 0.391 e. The zero-order valence-electron chi connectivity index (χ0n) is 9.85. The summed E-state index contributed by atoms with van der Waals surface area (Å²) in [6.07, 6.45) is 5.09. The molecule has 1 aliphatic heterocycles. The Hall–Kier alpha value is -0.120. The van der Waals surface area contributed by atoms with Crippen molar-refractivity contribution in [1.29, 1.82) is 0 Å². The first-order valence-corrected chi connectivity index (χ1v) is 6.24. The van der Waals surface area contributed by atoms with Crippen LogP contribution in [0.5, 0.6) is 0 Å². The molecule has 15 heavy (non-hydrogen) atoms. The molecule has 1 heterocycles. The molecule has 3 nitrogen and oxygen atoms in total. The Kier molecular flexibility index (Phi) is 3.65. The summed E-state index contributed by atoms with van der Waals surface area (Å²) in [4.78, 5) is 2.43. The van der Waals surface area contributed by atoms with E-state index in [2.05, 4.69) is 18.7 Å². The lowest BCUT2D eigenvalue weighted by Gasteiger charge is -2.43. The van der Waals surface area contributed by atoms with Gasteiger partial charge < -0.3 is 9.84 Å². The first kappa shape index (κ1) is 11.4. The normalized spacial score (nSPS) is 44.2. The molecule has 1 saturated heterocycles. The van der Waals surface area contributed by atoms with Crippen LogP contribution in [0.25, 0.3) is 0 Å². The highest BCUT2D eigenvalue weighted by atomic mass is 16.5. The second-order valence-corrected chi connectivity index (χ2v) is 5.13. The van der Waals surface area contributed by atoms with E-state index in [1.807, 2.05) is 0 Å². The van der Waals surface area contributed by atoms with Gasteiger partial charge in [-0.05, 0) is 26.7 Å². The predicted molar refractivity (Wildman–Crippen MR) is 59.8 cm³/mol. The predicted octanol–water partition coefficient (Wildman–Crippen LogP) is 1.40. The van der Waals surface area contributed by atoms with Crippen LogP contribution in [0, 0.1) is 0 Å². The Morgan fingerprint density at radius 1 is 1.07 bits per heavy atom. The van der Waals surface area contributed by atoms with E-state index in [-0.39, 0.29) is 6.10 Å². The number of aliphatic hydroxyl groups excluding tert-OH is 1. The molecule has 0 spiro atoms. The number of hydrogen-bond donors (Lipinski definition) is 1. The van der Waals surface area contributed by atoms with Crippen molar-refractivity contribution in [3.05, 3.63) is 0 Å². The van der Waals surface area contributed by atoms with Gasteiger partial charge in [0.2, 0.25) is 0 Å². The molecule has 1 aliphatic carbocycles. The molecule has 0 radical (unpaired) electrons. The van der Waals surface area contributed by atoms with Gasteiger partial charge in [0, 0.05) is 19.1 Å². The molecule has 2 fully saturated rings. The SMILES string of the molecule is C[C@@H]1CN(C2CCCCC2O)C[C@H](C)O1. The maximum Gasteiger partial charge on any atom is 0.0695 e. The van der Waals surface area contributed by atoms with Crippen LogP contribution in [0.4, 0.5) is 0 Å². The van der Waals surface area contributed by atoms with Gasteiger partial charge in [0.25, 0.3) is 0 Å². The van der Waals surface area contributed by atoms with Crippen LogP contribution in [0.1, 0.15) is 39.5 Å². The summed E-state index contributed by atoms with van der Waals surface area (Å²) in [5.74, 6) is 0. The van der Waals surface area contributed by atoms with Gasteiger partial charge in [0.05, 0.1) is 18.3 Å². The summed E-state index contributed by atoms with van der Waals surface area (Å²) >= 11 is 0. The molecule has 1 N–H and O–H groups in total. The first-order chi connectivity index (χ1) is 7.16. The average molecular weight is 213 g/mol. The van der Waals surface area contributed by atoms with Crippen molar-refractivity contribution in [3.8, 4) is 0 Å². The number of aliphatic hydroxyl groups is 1. The minimum absolute atomic E-state index is 0.115. The smallest absolute Gasteiger partial charge is 0.0695 e. The molecule has 3 heteroatoms. The summed E-state index contributed by atoms with van der Waals surface area (Å²) in [6.45, 7) is 6.20. The van der Waals surface area contributed by atoms with Gasteiger partial charge in [-0.2, -0.15) is 0 Å². The van der Waals surface area contributed by atoms with Crippen molar-refractivity contribution in [2.45, 2.75) is 63.9 Å². The zero-order valence-corrected chi connectivity index (χ0v) is 9.85. The Morgan fingerprint density at radius 3 is 2.27 bits per heavy atom. The monoisotopic (exact) mass is 213 g/mol. The standard InChI is InChI=1S/C12H23NO2/c1-9-7-13(8-10(2)15-9)11-5-3-4-6-12(11)14/h9-12,14H,3-8H2,1-2H3/t9-,10+,11?,12?. The topological polar surface area (TPSA) is 32.7 Å². The highest BCUT2D eigenvalue weighted by Crippen LogP contribution is 2.25. The fourth-order valence-corrected chi connectivity index (χ4v) is 3.01. The average Bonchev–Trinajstić information content (AvgIpc) is 2.16. The lowest BCUT2D eigenvalue weighted by atomic mass is 9.90. The van der Waals surface area contributed by atoms with Crippen molar-refractivity contribution in [1.82, 2.24) is 4.90 Å². The molecule has 0 aromatic rings. The number of nitrogens with zero attached hydrogens (tertiary/aromatic N) is 1. The summed E-state index contributed by atoms with van der Waals surface area (Å²) in [6, 6.07) is 0.382. The molecule has 0 aromatic heterocycles. The number of rotatable bonds is 1. The molecular weight excluding hydrogens is 190 g/mol. The zero-order chi connectivity index (χ0) is 10.8. The van der Waals surface area contributed by atoms with Crippen LogP contribution >= 0.6 is 0 Å². The van der Waals surface area contributed by atoms with Crippen LogP contribution < -0.4 is 0 Å². The van der Waals surface area contributed by atoms with Gasteiger partial charge >= 0.3 is 0 Å². The van der Waals surface area contributed by atoms with Gasteiger partial charge in [0.1, 0.15) is 0 Å². The quantitative estimate of drug-likeness (QED) is 0.714. The second-order valence-electron chi connectivity index (χ2n) is 5.13. The molecule has 0 aromatic carbocycles. The number of hydrogen-bond acceptors (Lipinski definition) is 3. The minimum atomic E-state index is -0.115. The van der Waals surface area contributed by atoms with E-state index in [0.29, 0.717) is 18.2 Å². The first-order valence-electron chi connectivity index (χ1n) is 6.24. The summed E-state index contributed by atoms with van der Waals surface area (Å²) in [5.41, 5.74) is 0. The summed E-state index contributed by atoms with van der Waals surface area (Å²) in [5, 5.41) is 10.0. The maximum atomic E-state index is 10.0. The van der Waals surface area contributed by atoms with Crippen molar-refractivity contribution >= 4 is 0 Å². The Labute approximate surface area is 92.4 Å². The maximum absolute atomic E-state index is 10.0. The van der Waals surface area contributed by atoms with E-state index in [1.54, 1.807) is 0 Å².